The molecule has 0 rings (SSSR count). The highest BCUT2D eigenvalue weighted by Gasteiger charge is 2.29. The van der Waals surface area contributed by atoms with E-state index in [4.69, 9.17) is 0 Å². The molecular weight excluding hydrogens is 314 g/mol. The van der Waals surface area contributed by atoms with Crippen LogP contribution in [-0.2, 0) is 19.2 Å². The zero-order valence-corrected chi connectivity index (χ0v) is 14.7. The first kappa shape index (κ1) is 22.0. The van der Waals surface area contributed by atoms with Gasteiger partial charge in [0.15, 0.2) is 6.29 Å². The zero-order valence-electron chi connectivity index (χ0n) is 14.7. The monoisotopic (exact) mass is 343 g/mol. The van der Waals surface area contributed by atoms with Crippen LogP contribution in [0.1, 0.15) is 46.0 Å². The summed E-state index contributed by atoms with van der Waals surface area (Å²) >= 11 is 0. The van der Waals surface area contributed by atoms with Crippen LogP contribution < -0.4 is 10.6 Å². The molecule has 0 heterocycles. The summed E-state index contributed by atoms with van der Waals surface area (Å²) in [7, 11) is 1.50. The van der Waals surface area contributed by atoms with Crippen molar-refractivity contribution in [2.24, 2.45) is 0 Å². The molecule has 3 N–H and O–H groups in total. The molecule has 0 bridgehead atoms. The highest BCUT2D eigenvalue weighted by atomic mass is 16.3. The van der Waals surface area contributed by atoms with Crippen molar-refractivity contribution in [3.05, 3.63) is 0 Å². The number of carbonyl (C=O) groups is 4. The molecule has 0 aliphatic rings. The number of aldehydes is 1. The quantitative estimate of drug-likeness (QED) is 0.393. The van der Waals surface area contributed by atoms with Gasteiger partial charge in [-0.2, -0.15) is 0 Å². The summed E-state index contributed by atoms with van der Waals surface area (Å²) < 4.78 is 0. The standard InChI is InChI=1S/C16H29N3O5/c1-4-6-8-13(19(3)15(23)9-17-11-21)16(24)18-12(7-5-2)14(22)10-20/h10-14,22H,4-9H2,1-3H3,(H,17,21)(H,18,24). The third-order valence-electron chi connectivity index (χ3n) is 3.81. The fourth-order valence-corrected chi connectivity index (χ4v) is 2.34. The van der Waals surface area contributed by atoms with E-state index in [-0.39, 0.29) is 12.5 Å². The van der Waals surface area contributed by atoms with Crippen LogP contribution in [0.4, 0.5) is 0 Å². The number of nitrogens with one attached hydrogen (secondary N) is 2. The number of rotatable bonds is 13. The molecule has 24 heavy (non-hydrogen) atoms. The lowest BCUT2D eigenvalue weighted by atomic mass is 10.0. The summed E-state index contributed by atoms with van der Waals surface area (Å²) in [6.07, 6.45) is 2.73. The van der Waals surface area contributed by atoms with Gasteiger partial charge in [0.05, 0.1) is 12.6 Å². The molecule has 0 aliphatic carbocycles. The number of hydrogen-bond acceptors (Lipinski definition) is 5. The molecular formula is C16H29N3O5. The van der Waals surface area contributed by atoms with Gasteiger partial charge in [0.25, 0.3) is 0 Å². The maximum absolute atomic E-state index is 12.6. The molecule has 0 fully saturated rings. The Kier molecular flexibility index (Phi) is 11.4. The number of nitrogens with zero attached hydrogens (tertiary/aromatic N) is 1. The van der Waals surface area contributed by atoms with E-state index >= 15 is 0 Å². The average molecular weight is 343 g/mol. The number of carbonyl (C=O) groups excluding carboxylic acids is 4. The number of amides is 3. The average Bonchev–Trinajstić information content (AvgIpc) is 2.58. The predicted molar refractivity (Wildman–Crippen MR) is 89.1 cm³/mol. The normalized spacial score (nSPS) is 14.2. The van der Waals surface area contributed by atoms with Crippen molar-refractivity contribution in [2.45, 2.75) is 64.1 Å². The minimum atomic E-state index is -1.28. The fourth-order valence-electron chi connectivity index (χ4n) is 2.34. The Morgan fingerprint density at radius 2 is 1.83 bits per heavy atom. The van der Waals surface area contributed by atoms with E-state index in [1.807, 2.05) is 13.8 Å². The van der Waals surface area contributed by atoms with Gasteiger partial charge in [0, 0.05) is 7.05 Å². The van der Waals surface area contributed by atoms with Crippen LogP contribution >= 0.6 is 0 Å². The molecule has 8 nitrogen and oxygen atoms in total. The molecule has 0 aromatic rings. The molecule has 8 heteroatoms. The Bertz CT molecular complexity index is 417. The van der Waals surface area contributed by atoms with Crippen molar-refractivity contribution in [3.8, 4) is 0 Å². The summed E-state index contributed by atoms with van der Waals surface area (Å²) in [5.41, 5.74) is 0. The number of aliphatic hydroxyl groups excluding tert-OH is 1. The van der Waals surface area contributed by atoms with E-state index in [1.54, 1.807) is 0 Å². The summed E-state index contributed by atoms with van der Waals surface area (Å²) in [6.45, 7) is 3.66. The van der Waals surface area contributed by atoms with Gasteiger partial charge in [0.2, 0.25) is 18.2 Å². The van der Waals surface area contributed by atoms with Crippen molar-refractivity contribution in [2.75, 3.05) is 13.6 Å². The summed E-state index contributed by atoms with van der Waals surface area (Å²) in [5.74, 6) is -0.800. The van der Waals surface area contributed by atoms with Crippen LogP contribution in [0.3, 0.4) is 0 Å². The van der Waals surface area contributed by atoms with Crippen LogP contribution in [0.5, 0.6) is 0 Å². The molecule has 3 atom stereocenters. The van der Waals surface area contributed by atoms with Crippen molar-refractivity contribution in [3.63, 3.8) is 0 Å². The van der Waals surface area contributed by atoms with E-state index in [0.29, 0.717) is 32.0 Å². The lowest BCUT2D eigenvalue weighted by Crippen LogP contribution is -2.54. The van der Waals surface area contributed by atoms with Crippen molar-refractivity contribution in [1.29, 1.82) is 0 Å². The van der Waals surface area contributed by atoms with E-state index < -0.39 is 24.1 Å². The van der Waals surface area contributed by atoms with Gasteiger partial charge in [-0.05, 0) is 12.8 Å². The molecule has 0 radical (unpaired) electrons. The number of unbranched alkanes of at least 4 members (excludes halogenated alkanes) is 1. The van der Waals surface area contributed by atoms with E-state index in [2.05, 4.69) is 10.6 Å². The fraction of sp³-hybridized carbons (Fsp3) is 0.750. The maximum atomic E-state index is 12.6. The van der Waals surface area contributed by atoms with Crippen molar-refractivity contribution >= 4 is 24.5 Å². The van der Waals surface area contributed by atoms with Gasteiger partial charge in [0.1, 0.15) is 12.1 Å². The minimum Gasteiger partial charge on any atom is -0.383 e. The largest absolute Gasteiger partial charge is 0.383 e. The van der Waals surface area contributed by atoms with Crippen LogP contribution in [0, 0.1) is 0 Å². The second kappa shape index (κ2) is 12.5. The number of hydrogen-bond donors (Lipinski definition) is 3. The van der Waals surface area contributed by atoms with Crippen LogP contribution in [0.25, 0.3) is 0 Å². The minimum absolute atomic E-state index is 0.189. The molecule has 0 spiro atoms. The Labute approximate surface area is 143 Å². The van der Waals surface area contributed by atoms with E-state index in [9.17, 15) is 24.3 Å². The Morgan fingerprint density at radius 3 is 2.33 bits per heavy atom. The van der Waals surface area contributed by atoms with Gasteiger partial charge >= 0.3 is 0 Å². The summed E-state index contributed by atoms with van der Waals surface area (Å²) in [5, 5.41) is 14.7. The molecule has 0 aliphatic heterocycles. The second-order valence-corrected chi connectivity index (χ2v) is 5.69. The lowest BCUT2D eigenvalue weighted by molar-refractivity contribution is -0.139. The molecule has 3 unspecified atom stereocenters. The Morgan fingerprint density at radius 1 is 1.17 bits per heavy atom. The molecule has 0 saturated carbocycles. The summed E-state index contributed by atoms with van der Waals surface area (Å²) in [4.78, 5) is 47.0. The third kappa shape index (κ3) is 7.54. The zero-order chi connectivity index (χ0) is 18.5. The van der Waals surface area contributed by atoms with Gasteiger partial charge < -0.3 is 25.4 Å². The van der Waals surface area contributed by atoms with Crippen LogP contribution in [0.2, 0.25) is 0 Å². The Hall–Kier alpha value is -1.96. The topological polar surface area (TPSA) is 116 Å². The Balaban J connectivity index is 5.05. The summed E-state index contributed by atoms with van der Waals surface area (Å²) in [6, 6.07) is -1.40. The SMILES string of the molecule is CCCCC(C(=O)NC(CCC)C(O)C=O)N(C)C(=O)CNC=O. The first-order chi connectivity index (χ1) is 11.4. The van der Waals surface area contributed by atoms with E-state index in [0.717, 1.165) is 12.8 Å². The van der Waals surface area contributed by atoms with Crippen molar-refractivity contribution < 1.29 is 24.3 Å². The number of aliphatic hydroxyl groups is 1. The first-order valence-electron chi connectivity index (χ1n) is 8.29. The van der Waals surface area contributed by atoms with Crippen LogP contribution in [-0.4, -0.2) is 66.3 Å². The number of likely N-dealkylation sites (N-methyl/N-ethyl adjacent to an activating group) is 1. The second-order valence-electron chi connectivity index (χ2n) is 5.69. The highest BCUT2D eigenvalue weighted by molar-refractivity contribution is 5.89. The van der Waals surface area contributed by atoms with Crippen molar-refractivity contribution in [1.82, 2.24) is 15.5 Å². The van der Waals surface area contributed by atoms with Gasteiger partial charge in [-0.25, -0.2) is 0 Å². The molecule has 3 amide bonds. The van der Waals surface area contributed by atoms with Gasteiger partial charge in [-0.1, -0.05) is 33.1 Å². The lowest BCUT2D eigenvalue weighted by Gasteiger charge is -2.30. The molecule has 0 aromatic heterocycles. The van der Waals surface area contributed by atoms with Gasteiger partial charge in [-0.15, -0.1) is 0 Å². The highest BCUT2D eigenvalue weighted by Crippen LogP contribution is 2.10. The first-order valence-corrected chi connectivity index (χ1v) is 8.29. The predicted octanol–water partition coefficient (Wildman–Crippen LogP) is -0.406. The maximum Gasteiger partial charge on any atom is 0.243 e. The third-order valence-corrected chi connectivity index (χ3v) is 3.81. The molecule has 0 saturated heterocycles. The van der Waals surface area contributed by atoms with E-state index in [1.165, 1.54) is 11.9 Å². The van der Waals surface area contributed by atoms with Gasteiger partial charge in [-0.3, -0.25) is 14.4 Å². The van der Waals surface area contributed by atoms with Crippen LogP contribution in [0.15, 0.2) is 0 Å². The smallest absolute Gasteiger partial charge is 0.243 e. The molecule has 138 valence electrons. The molecule has 0 aromatic carbocycles.